The largest absolute Gasteiger partial charge is 0.445 e. The molecule has 1 unspecified atom stereocenters. The van der Waals surface area contributed by atoms with Crippen molar-refractivity contribution in [3.05, 3.63) is 60.3 Å². The van der Waals surface area contributed by atoms with Crippen LogP contribution >= 0.6 is 0 Å². The smallest absolute Gasteiger partial charge is 0.407 e. The lowest BCUT2D eigenvalue weighted by Gasteiger charge is -2.17. The number of nitrogens with zero attached hydrogens (tertiary/aromatic N) is 2. The molecule has 2 heterocycles. The number of carbonyl (C=O) groups excluding carboxylic acids is 2. The molecule has 2 N–H and O–H groups in total. The topological polar surface area (TPSA) is 83.6 Å². The summed E-state index contributed by atoms with van der Waals surface area (Å²) in [7, 11) is 0. The van der Waals surface area contributed by atoms with Gasteiger partial charge in [-0.1, -0.05) is 36.4 Å². The lowest BCUT2D eigenvalue weighted by Crippen LogP contribution is -2.43. The monoisotopic (exact) mass is 354 g/mol. The van der Waals surface area contributed by atoms with Gasteiger partial charge in [0.2, 0.25) is 5.91 Å². The molecule has 0 radical (unpaired) electrons. The van der Waals surface area contributed by atoms with Crippen molar-refractivity contribution in [2.75, 3.05) is 24.5 Å². The van der Waals surface area contributed by atoms with E-state index in [0.29, 0.717) is 6.54 Å². The number of hydrogen-bond acceptors (Lipinski definition) is 5. The van der Waals surface area contributed by atoms with Crippen molar-refractivity contribution in [3.8, 4) is 0 Å². The van der Waals surface area contributed by atoms with Crippen LogP contribution in [0.1, 0.15) is 12.0 Å². The van der Waals surface area contributed by atoms with Gasteiger partial charge in [0.15, 0.2) is 0 Å². The normalized spacial score (nSPS) is 16.2. The summed E-state index contributed by atoms with van der Waals surface area (Å²) in [6.45, 7) is 1.62. The van der Waals surface area contributed by atoms with Gasteiger partial charge in [0.05, 0.1) is 0 Å². The zero-order valence-electron chi connectivity index (χ0n) is 14.4. The van der Waals surface area contributed by atoms with Gasteiger partial charge in [0.1, 0.15) is 19.0 Å². The third-order valence-electron chi connectivity index (χ3n) is 4.13. The number of hydrogen-bond donors (Lipinski definition) is 2. The predicted octanol–water partition coefficient (Wildman–Crippen LogP) is 1.70. The van der Waals surface area contributed by atoms with Gasteiger partial charge in [-0.3, -0.25) is 4.79 Å². The number of nitrogens with one attached hydrogen (secondary N) is 2. The number of rotatable bonds is 6. The maximum Gasteiger partial charge on any atom is 0.407 e. The highest BCUT2D eigenvalue weighted by molar-refractivity contribution is 5.82. The van der Waals surface area contributed by atoms with Crippen LogP contribution in [0.5, 0.6) is 0 Å². The molecule has 1 saturated heterocycles. The summed E-state index contributed by atoms with van der Waals surface area (Å²) < 4.78 is 5.08. The summed E-state index contributed by atoms with van der Waals surface area (Å²) >= 11 is 0. The van der Waals surface area contributed by atoms with Crippen LogP contribution in [-0.4, -0.2) is 42.7 Å². The summed E-state index contributed by atoms with van der Waals surface area (Å²) in [4.78, 5) is 30.1. The van der Waals surface area contributed by atoms with Crippen molar-refractivity contribution in [1.82, 2.24) is 15.6 Å². The van der Waals surface area contributed by atoms with Gasteiger partial charge < -0.3 is 20.3 Å². The van der Waals surface area contributed by atoms with E-state index in [2.05, 4.69) is 20.5 Å². The fourth-order valence-electron chi connectivity index (χ4n) is 2.83. The fourth-order valence-corrected chi connectivity index (χ4v) is 2.83. The Bertz CT molecular complexity index is 724. The fraction of sp³-hybridized carbons (Fsp3) is 0.316. The molecule has 0 bridgehead atoms. The standard InChI is InChI=1S/C19H22N4O3/c24-18(12-21-19(25)26-14-15-6-2-1-3-7-15)22-16-9-11-23(13-16)17-8-4-5-10-20-17/h1-8,10,16H,9,11-14H2,(H,21,25)(H,22,24). The Kier molecular flexibility index (Phi) is 6.03. The van der Waals surface area contributed by atoms with Crippen molar-refractivity contribution in [2.24, 2.45) is 0 Å². The van der Waals surface area contributed by atoms with E-state index in [1.54, 1.807) is 6.20 Å². The first kappa shape index (κ1) is 17.7. The van der Waals surface area contributed by atoms with E-state index in [4.69, 9.17) is 4.74 Å². The molecule has 0 saturated carbocycles. The number of pyridine rings is 1. The van der Waals surface area contributed by atoms with Gasteiger partial charge in [-0.2, -0.15) is 0 Å². The Labute approximate surface area is 152 Å². The number of benzene rings is 1. The SMILES string of the molecule is O=C(CNC(=O)OCc1ccccc1)NC1CCN(c2ccccn2)C1. The van der Waals surface area contributed by atoms with Crippen LogP contribution in [-0.2, 0) is 16.1 Å². The second-order valence-corrected chi connectivity index (χ2v) is 6.10. The zero-order valence-corrected chi connectivity index (χ0v) is 14.4. The van der Waals surface area contributed by atoms with Gasteiger partial charge in [0.25, 0.3) is 0 Å². The summed E-state index contributed by atoms with van der Waals surface area (Å²) in [6, 6.07) is 15.2. The van der Waals surface area contributed by atoms with E-state index in [-0.39, 0.29) is 25.1 Å². The lowest BCUT2D eigenvalue weighted by molar-refractivity contribution is -0.120. The second-order valence-electron chi connectivity index (χ2n) is 6.10. The number of aromatic nitrogens is 1. The molecule has 0 spiro atoms. The Morgan fingerprint density at radius 2 is 1.96 bits per heavy atom. The zero-order chi connectivity index (χ0) is 18.2. The quantitative estimate of drug-likeness (QED) is 0.825. The molecule has 1 aliphatic rings. The summed E-state index contributed by atoms with van der Waals surface area (Å²) in [5.41, 5.74) is 0.896. The number of anilines is 1. The average Bonchev–Trinajstić information content (AvgIpc) is 3.15. The molecular formula is C19H22N4O3. The molecule has 1 fully saturated rings. The van der Waals surface area contributed by atoms with E-state index in [0.717, 1.165) is 24.3 Å². The van der Waals surface area contributed by atoms with Crippen LogP contribution in [0.25, 0.3) is 0 Å². The van der Waals surface area contributed by atoms with Crippen LogP contribution in [0.2, 0.25) is 0 Å². The Morgan fingerprint density at radius 1 is 1.15 bits per heavy atom. The lowest BCUT2D eigenvalue weighted by atomic mass is 10.2. The number of alkyl carbamates (subject to hydrolysis) is 1. The number of ether oxygens (including phenoxy) is 1. The molecule has 7 heteroatoms. The number of amides is 2. The Morgan fingerprint density at radius 3 is 2.73 bits per heavy atom. The van der Waals surface area contributed by atoms with Gasteiger partial charge >= 0.3 is 6.09 Å². The molecule has 26 heavy (non-hydrogen) atoms. The van der Waals surface area contributed by atoms with Gasteiger partial charge in [0, 0.05) is 25.3 Å². The Balaban J connectivity index is 1.35. The van der Waals surface area contributed by atoms with Crippen LogP contribution in [0.3, 0.4) is 0 Å². The third-order valence-corrected chi connectivity index (χ3v) is 4.13. The van der Waals surface area contributed by atoms with Gasteiger partial charge in [-0.15, -0.1) is 0 Å². The van der Waals surface area contributed by atoms with Crippen molar-refractivity contribution in [1.29, 1.82) is 0 Å². The first-order valence-corrected chi connectivity index (χ1v) is 8.60. The van der Waals surface area contributed by atoms with Crippen LogP contribution in [0, 0.1) is 0 Å². The highest BCUT2D eigenvalue weighted by Gasteiger charge is 2.24. The number of carbonyl (C=O) groups is 2. The van der Waals surface area contributed by atoms with Gasteiger partial charge in [-0.05, 0) is 24.1 Å². The first-order chi connectivity index (χ1) is 12.7. The van der Waals surface area contributed by atoms with Crippen LogP contribution in [0.4, 0.5) is 10.6 Å². The van der Waals surface area contributed by atoms with Gasteiger partial charge in [-0.25, -0.2) is 9.78 Å². The second kappa shape index (κ2) is 8.84. The minimum atomic E-state index is -0.606. The van der Waals surface area contributed by atoms with E-state index >= 15 is 0 Å². The van der Waals surface area contributed by atoms with Crippen molar-refractivity contribution >= 4 is 17.8 Å². The molecule has 136 valence electrons. The molecule has 7 nitrogen and oxygen atoms in total. The maximum absolute atomic E-state index is 12.0. The molecule has 2 amide bonds. The van der Waals surface area contributed by atoms with Crippen LogP contribution < -0.4 is 15.5 Å². The van der Waals surface area contributed by atoms with Crippen molar-refractivity contribution in [2.45, 2.75) is 19.1 Å². The van der Waals surface area contributed by atoms with Crippen molar-refractivity contribution in [3.63, 3.8) is 0 Å². The average molecular weight is 354 g/mol. The van der Waals surface area contributed by atoms with Crippen molar-refractivity contribution < 1.29 is 14.3 Å². The van der Waals surface area contributed by atoms with E-state index in [9.17, 15) is 9.59 Å². The minimum Gasteiger partial charge on any atom is -0.445 e. The molecule has 1 aromatic heterocycles. The van der Waals surface area contributed by atoms with Crippen LogP contribution in [0.15, 0.2) is 54.7 Å². The molecule has 1 atom stereocenters. The molecule has 1 aromatic carbocycles. The maximum atomic E-state index is 12.0. The third kappa shape index (κ3) is 5.20. The molecular weight excluding hydrogens is 332 g/mol. The first-order valence-electron chi connectivity index (χ1n) is 8.60. The summed E-state index contributed by atoms with van der Waals surface area (Å²) in [5, 5.41) is 5.40. The molecule has 2 aromatic rings. The highest BCUT2D eigenvalue weighted by atomic mass is 16.5. The predicted molar refractivity (Wildman–Crippen MR) is 97.6 cm³/mol. The van der Waals surface area contributed by atoms with E-state index in [1.165, 1.54) is 0 Å². The van der Waals surface area contributed by atoms with E-state index in [1.807, 2.05) is 48.5 Å². The molecule has 1 aliphatic heterocycles. The molecule has 3 rings (SSSR count). The van der Waals surface area contributed by atoms with E-state index < -0.39 is 6.09 Å². The minimum absolute atomic E-state index is 0.0478. The molecule has 0 aliphatic carbocycles. The Hall–Kier alpha value is -3.09. The summed E-state index contributed by atoms with van der Waals surface area (Å²) in [6.07, 6.45) is 2.00. The summed E-state index contributed by atoms with van der Waals surface area (Å²) in [5.74, 6) is 0.682. The highest BCUT2D eigenvalue weighted by Crippen LogP contribution is 2.17.